The van der Waals surface area contributed by atoms with Crippen LogP contribution in [-0.2, 0) is 6.42 Å². The van der Waals surface area contributed by atoms with Crippen molar-refractivity contribution >= 4 is 17.2 Å². The van der Waals surface area contributed by atoms with Gasteiger partial charge >= 0.3 is 0 Å². The van der Waals surface area contributed by atoms with Crippen molar-refractivity contribution in [2.24, 2.45) is 0 Å². The third-order valence-electron chi connectivity index (χ3n) is 2.71. The first-order valence-corrected chi connectivity index (χ1v) is 5.48. The minimum atomic E-state index is -0.188. The highest BCUT2D eigenvalue weighted by molar-refractivity contribution is 6.30. The van der Waals surface area contributed by atoms with Gasteiger partial charge in [0.25, 0.3) is 5.56 Å². The zero-order valence-electron chi connectivity index (χ0n) is 9.41. The topological polar surface area (TPSA) is 47.3 Å². The molecule has 0 N–H and O–H groups in total. The number of aromatic nitrogens is 3. The van der Waals surface area contributed by atoms with E-state index in [0.717, 1.165) is 23.2 Å². The largest absolute Gasteiger partial charge is 0.274 e. The molecule has 0 aliphatic heterocycles. The Bertz CT molecular complexity index is 619. The predicted octanol–water partition coefficient (Wildman–Crippen LogP) is 1.92. The molecule has 0 aliphatic carbocycles. The maximum Gasteiger partial charge on any atom is 0.274 e. The van der Waals surface area contributed by atoms with Crippen molar-refractivity contribution in [1.82, 2.24) is 14.6 Å². The fourth-order valence-electron chi connectivity index (χ4n) is 1.53. The second-order valence-electron chi connectivity index (χ2n) is 3.72. The van der Waals surface area contributed by atoms with Crippen LogP contribution >= 0.6 is 11.6 Å². The molecule has 2 heterocycles. The number of halogens is 1. The first-order chi connectivity index (χ1) is 7.54. The van der Waals surface area contributed by atoms with Crippen molar-refractivity contribution in [2.45, 2.75) is 27.2 Å². The van der Waals surface area contributed by atoms with E-state index in [0.29, 0.717) is 10.8 Å². The van der Waals surface area contributed by atoms with E-state index in [4.69, 9.17) is 11.6 Å². The summed E-state index contributed by atoms with van der Waals surface area (Å²) >= 11 is 5.94. The van der Waals surface area contributed by atoms with Crippen LogP contribution in [0.3, 0.4) is 0 Å². The second-order valence-corrected chi connectivity index (χ2v) is 4.07. The Morgan fingerprint density at radius 1 is 1.38 bits per heavy atom. The molecule has 4 nitrogen and oxygen atoms in total. The quantitative estimate of drug-likeness (QED) is 0.761. The van der Waals surface area contributed by atoms with Gasteiger partial charge in [0, 0.05) is 11.8 Å². The molecule has 0 saturated heterocycles. The lowest BCUT2D eigenvalue weighted by Gasteiger charge is -2.08. The standard InChI is InChI=1S/C11H12ClN3O/c1-4-8-5-9(16)15-11(13-8)7(3)6(2)10(12)14-15/h5H,4H2,1-3H3. The maximum atomic E-state index is 11.8. The van der Waals surface area contributed by atoms with Crippen LogP contribution in [0.2, 0.25) is 5.15 Å². The van der Waals surface area contributed by atoms with Crippen molar-refractivity contribution in [2.75, 3.05) is 0 Å². The van der Waals surface area contributed by atoms with Crippen LogP contribution in [-0.4, -0.2) is 14.6 Å². The van der Waals surface area contributed by atoms with Crippen molar-refractivity contribution in [3.8, 4) is 0 Å². The summed E-state index contributed by atoms with van der Waals surface area (Å²) in [6.45, 7) is 5.73. The third kappa shape index (κ3) is 1.59. The van der Waals surface area contributed by atoms with Crippen molar-refractivity contribution in [3.05, 3.63) is 38.4 Å². The fraction of sp³-hybridized carbons (Fsp3) is 0.364. The number of hydrogen-bond donors (Lipinski definition) is 0. The molecule has 0 unspecified atom stereocenters. The summed E-state index contributed by atoms with van der Waals surface area (Å²) in [5.41, 5.74) is 2.93. The second kappa shape index (κ2) is 3.87. The Hall–Kier alpha value is -1.42. The van der Waals surface area contributed by atoms with E-state index in [1.807, 2.05) is 20.8 Å². The van der Waals surface area contributed by atoms with E-state index in [1.54, 1.807) is 0 Å². The zero-order chi connectivity index (χ0) is 11.9. The zero-order valence-corrected chi connectivity index (χ0v) is 10.2. The molecule has 0 saturated carbocycles. The van der Waals surface area contributed by atoms with Gasteiger partial charge < -0.3 is 0 Å². The summed E-state index contributed by atoms with van der Waals surface area (Å²) in [5, 5.41) is 4.36. The van der Waals surface area contributed by atoms with Crippen molar-refractivity contribution in [1.29, 1.82) is 0 Å². The van der Waals surface area contributed by atoms with Crippen LogP contribution in [0.1, 0.15) is 23.7 Å². The highest BCUT2D eigenvalue weighted by atomic mass is 35.5. The van der Waals surface area contributed by atoms with Crippen LogP contribution in [0.4, 0.5) is 0 Å². The molecule has 2 rings (SSSR count). The fourth-order valence-corrected chi connectivity index (χ4v) is 1.75. The van der Waals surface area contributed by atoms with E-state index in [1.165, 1.54) is 10.6 Å². The number of fused-ring (bicyclic) bond motifs is 1. The van der Waals surface area contributed by atoms with Gasteiger partial charge in [-0.15, -0.1) is 0 Å². The van der Waals surface area contributed by atoms with E-state index in [2.05, 4.69) is 10.1 Å². The minimum Gasteiger partial charge on any atom is -0.267 e. The molecule has 0 fully saturated rings. The SMILES string of the molecule is CCc1cc(=O)n2nc(Cl)c(C)c(C)c2n1. The first kappa shape index (κ1) is 11.1. The summed E-state index contributed by atoms with van der Waals surface area (Å²) in [6.07, 6.45) is 0.729. The molecule has 0 atom stereocenters. The summed E-state index contributed by atoms with van der Waals surface area (Å²) in [7, 11) is 0. The Balaban J connectivity index is 2.96. The van der Waals surface area contributed by atoms with Gasteiger partial charge in [-0.3, -0.25) is 4.79 Å². The Labute approximate surface area is 97.9 Å². The Morgan fingerprint density at radius 2 is 2.06 bits per heavy atom. The predicted molar refractivity (Wildman–Crippen MR) is 63.1 cm³/mol. The maximum absolute atomic E-state index is 11.8. The average molecular weight is 238 g/mol. The van der Waals surface area contributed by atoms with E-state index < -0.39 is 0 Å². The molecule has 2 aromatic heterocycles. The van der Waals surface area contributed by atoms with Crippen LogP contribution in [0.5, 0.6) is 0 Å². The first-order valence-electron chi connectivity index (χ1n) is 5.10. The summed E-state index contributed by atoms with van der Waals surface area (Å²) in [4.78, 5) is 16.2. The molecule has 84 valence electrons. The van der Waals surface area contributed by atoms with Gasteiger partial charge in [0.15, 0.2) is 10.8 Å². The van der Waals surface area contributed by atoms with Crippen LogP contribution < -0.4 is 5.56 Å². The number of aryl methyl sites for hydroxylation is 2. The summed E-state index contributed by atoms with van der Waals surface area (Å²) in [5.74, 6) is 0. The van der Waals surface area contributed by atoms with Crippen LogP contribution in [0.25, 0.3) is 5.65 Å². The van der Waals surface area contributed by atoms with Crippen LogP contribution in [0.15, 0.2) is 10.9 Å². The summed E-state index contributed by atoms with van der Waals surface area (Å²) in [6, 6.07) is 1.49. The number of hydrogen-bond acceptors (Lipinski definition) is 3. The Morgan fingerprint density at radius 3 is 2.69 bits per heavy atom. The lowest BCUT2D eigenvalue weighted by molar-refractivity contribution is 0.834. The summed E-state index contributed by atoms with van der Waals surface area (Å²) < 4.78 is 1.25. The number of nitrogens with zero attached hydrogens (tertiary/aromatic N) is 3. The molecular weight excluding hydrogens is 226 g/mol. The molecule has 0 spiro atoms. The lowest BCUT2D eigenvalue weighted by atomic mass is 10.2. The van der Waals surface area contributed by atoms with Gasteiger partial charge in [-0.1, -0.05) is 18.5 Å². The molecule has 0 amide bonds. The average Bonchev–Trinajstić information content (AvgIpc) is 2.27. The lowest BCUT2D eigenvalue weighted by Crippen LogP contribution is -2.19. The third-order valence-corrected chi connectivity index (χ3v) is 3.07. The van der Waals surface area contributed by atoms with Gasteiger partial charge in [0.2, 0.25) is 0 Å². The van der Waals surface area contributed by atoms with Crippen molar-refractivity contribution in [3.63, 3.8) is 0 Å². The van der Waals surface area contributed by atoms with E-state index in [-0.39, 0.29) is 5.56 Å². The molecular formula is C11H12ClN3O. The monoisotopic (exact) mass is 237 g/mol. The van der Waals surface area contributed by atoms with Gasteiger partial charge in [-0.2, -0.15) is 9.61 Å². The highest BCUT2D eigenvalue weighted by Gasteiger charge is 2.10. The van der Waals surface area contributed by atoms with E-state index >= 15 is 0 Å². The normalized spacial score (nSPS) is 11.0. The molecule has 0 aromatic carbocycles. The molecule has 2 aromatic rings. The molecule has 5 heteroatoms. The molecule has 16 heavy (non-hydrogen) atoms. The van der Waals surface area contributed by atoms with E-state index in [9.17, 15) is 4.79 Å². The molecule has 0 radical (unpaired) electrons. The van der Waals surface area contributed by atoms with Gasteiger partial charge in [0.05, 0.1) is 0 Å². The van der Waals surface area contributed by atoms with Crippen LogP contribution in [0, 0.1) is 13.8 Å². The number of rotatable bonds is 1. The van der Waals surface area contributed by atoms with Gasteiger partial charge in [-0.05, 0) is 31.4 Å². The van der Waals surface area contributed by atoms with Crippen molar-refractivity contribution < 1.29 is 0 Å². The van der Waals surface area contributed by atoms with Gasteiger partial charge in [0.1, 0.15) is 0 Å². The Kier molecular flexibility index (Phi) is 2.68. The minimum absolute atomic E-state index is 0.188. The highest BCUT2D eigenvalue weighted by Crippen LogP contribution is 2.17. The smallest absolute Gasteiger partial charge is 0.267 e. The molecule has 0 bridgehead atoms. The van der Waals surface area contributed by atoms with Gasteiger partial charge in [-0.25, -0.2) is 4.98 Å². The molecule has 0 aliphatic rings.